The number of hydrogen-bond donors (Lipinski definition) is 1. The Morgan fingerprint density at radius 2 is 2.17 bits per heavy atom. The average molecular weight is 354 g/mol. The standard InChI is InChI=1S/C12H17BrN2OS.ClH/c1-14-9-4-6-15(7-5-9)12(16)8-10-2-3-11(13)17-10;/h2-3,9,14H,4-8H2,1H3;1H. The van der Waals surface area contributed by atoms with Crippen LogP contribution in [0.5, 0.6) is 0 Å². The first-order valence-corrected chi connectivity index (χ1v) is 7.49. The van der Waals surface area contributed by atoms with E-state index in [4.69, 9.17) is 0 Å². The molecule has 1 aromatic rings. The molecule has 1 amide bonds. The van der Waals surface area contributed by atoms with Gasteiger partial charge in [0.05, 0.1) is 10.2 Å². The van der Waals surface area contributed by atoms with Gasteiger partial charge in [0.25, 0.3) is 0 Å². The maximum atomic E-state index is 12.1. The van der Waals surface area contributed by atoms with Crippen LogP contribution < -0.4 is 5.32 Å². The number of hydrogen-bond acceptors (Lipinski definition) is 3. The maximum Gasteiger partial charge on any atom is 0.227 e. The highest BCUT2D eigenvalue weighted by molar-refractivity contribution is 9.11. The van der Waals surface area contributed by atoms with Gasteiger partial charge in [-0.1, -0.05) is 0 Å². The third-order valence-corrected chi connectivity index (χ3v) is 4.83. The van der Waals surface area contributed by atoms with Crippen molar-refractivity contribution in [3.05, 3.63) is 20.8 Å². The van der Waals surface area contributed by atoms with Crippen LogP contribution in [0.1, 0.15) is 17.7 Å². The molecule has 0 spiro atoms. The Bertz CT molecular complexity index is 391. The van der Waals surface area contributed by atoms with Crippen molar-refractivity contribution in [1.29, 1.82) is 0 Å². The first-order valence-electron chi connectivity index (χ1n) is 5.88. The summed E-state index contributed by atoms with van der Waals surface area (Å²) in [7, 11) is 1.99. The molecule has 1 fully saturated rings. The average Bonchev–Trinajstić information content (AvgIpc) is 2.75. The lowest BCUT2D eigenvalue weighted by molar-refractivity contribution is -0.131. The van der Waals surface area contributed by atoms with Crippen LogP contribution in [-0.4, -0.2) is 37.0 Å². The van der Waals surface area contributed by atoms with E-state index in [2.05, 4.69) is 21.2 Å². The molecule has 1 aliphatic rings. The highest BCUT2D eigenvalue weighted by Crippen LogP contribution is 2.23. The molecule has 1 aromatic heterocycles. The Labute approximate surface area is 126 Å². The molecule has 0 saturated carbocycles. The SMILES string of the molecule is CNC1CCN(C(=O)Cc2ccc(Br)s2)CC1.Cl. The number of likely N-dealkylation sites (tertiary alicyclic amines) is 1. The number of rotatable bonds is 3. The molecule has 6 heteroatoms. The van der Waals surface area contributed by atoms with Crippen molar-refractivity contribution in [2.24, 2.45) is 0 Å². The van der Waals surface area contributed by atoms with Gasteiger partial charge in [-0.2, -0.15) is 0 Å². The third-order valence-electron chi connectivity index (χ3n) is 3.21. The predicted octanol–water partition coefficient (Wildman–Crippen LogP) is 2.69. The van der Waals surface area contributed by atoms with Gasteiger partial charge in [0.2, 0.25) is 5.91 Å². The lowest BCUT2D eigenvalue weighted by Gasteiger charge is -2.31. The molecule has 2 rings (SSSR count). The van der Waals surface area contributed by atoms with Gasteiger partial charge in [0.15, 0.2) is 0 Å². The lowest BCUT2D eigenvalue weighted by atomic mass is 10.1. The predicted molar refractivity (Wildman–Crippen MR) is 81.6 cm³/mol. The number of halogens is 2. The van der Waals surface area contributed by atoms with E-state index in [0.29, 0.717) is 12.5 Å². The molecule has 18 heavy (non-hydrogen) atoms. The van der Waals surface area contributed by atoms with Crippen LogP contribution in [0.3, 0.4) is 0 Å². The van der Waals surface area contributed by atoms with Crippen LogP contribution in [0.25, 0.3) is 0 Å². The van der Waals surface area contributed by atoms with Crippen molar-refractivity contribution < 1.29 is 4.79 Å². The first-order chi connectivity index (χ1) is 8.19. The number of piperidine rings is 1. The molecular formula is C12H18BrClN2OS. The summed E-state index contributed by atoms with van der Waals surface area (Å²) in [5, 5.41) is 3.27. The van der Waals surface area contributed by atoms with Gasteiger partial charge in [-0.15, -0.1) is 23.7 Å². The second-order valence-corrected chi connectivity index (χ2v) is 6.87. The molecule has 102 valence electrons. The summed E-state index contributed by atoms with van der Waals surface area (Å²) in [6.45, 7) is 1.77. The third kappa shape index (κ3) is 4.23. The minimum atomic E-state index is 0. The Kier molecular flexibility index (Phi) is 6.63. The topological polar surface area (TPSA) is 32.3 Å². The molecular weight excluding hydrogens is 336 g/mol. The smallest absolute Gasteiger partial charge is 0.227 e. The van der Waals surface area contributed by atoms with E-state index in [1.54, 1.807) is 11.3 Å². The molecule has 0 bridgehead atoms. The van der Waals surface area contributed by atoms with Crippen LogP contribution in [0.15, 0.2) is 15.9 Å². The molecule has 3 nitrogen and oxygen atoms in total. The normalized spacial score (nSPS) is 16.4. The summed E-state index contributed by atoms with van der Waals surface area (Å²) in [4.78, 5) is 15.2. The van der Waals surface area contributed by atoms with Gasteiger partial charge in [-0.05, 0) is 48.0 Å². The fraction of sp³-hybridized carbons (Fsp3) is 0.583. The Morgan fingerprint density at radius 3 is 2.67 bits per heavy atom. The molecule has 0 aromatic carbocycles. The number of nitrogens with zero attached hydrogens (tertiary/aromatic N) is 1. The zero-order valence-corrected chi connectivity index (χ0v) is 13.5. The van der Waals surface area contributed by atoms with E-state index in [-0.39, 0.29) is 18.3 Å². The number of carbonyl (C=O) groups is 1. The monoisotopic (exact) mass is 352 g/mol. The van der Waals surface area contributed by atoms with Crippen molar-refractivity contribution in [3.63, 3.8) is 0 Å². The maximum absolute atomic E-state index is 12.1. The van der Waals surface area contributed by atoms with Gasteiger partial charge >= 0.3 is 0 Å². The van der Waals surface area contributed by atoms with Gasteiger partial charge in [-0.25, -0.2) is 0 Å². The molecule has 1 aliphatic heterocycles. The number of thiophene rings is 1. The highest BCUT2D eigenvalue weighted by atomic mass is 79.9. The van der Waals surface area contributed by atoms with Gasteiger partial charge in [0, 0.05) is 24.0 Å². The van der Waals surface area contributed by atoms with Gasteiger partial charge in [0.1, 0.15) is 0 Å². The van der Waals surface area contributed by atoms with Crippen molar-refractivity contribution >= 4 is 45.6 Å². The van der Waals surface area contributed by atoms with E-state index in [1.165, 1.54) is 0 Å². The van der Waals surface area contributed by atoms with Crippen molar-refractivity contribution in [2.45, 2.75) is 25.3 Å². The van der Waals surface area contributed by atoms with Crippen LogP contribution >= 0.6 is 39.7 Å². The summed E-state index contributed by atoms with van der Waals surface area (Å²) in [5.74, 6) is 0.258. The van der Waals surface area contributed by atoms with Crippen molar-refractivity contribution in [1.82, 2.24) is 10.2 Å². The number of amides is 1. The van der Waals surface area contributed by atoms with Crippen molar-refractivity contribution in [3.8, 4) is 0 Å². The minimum absolute atomic E-state index is 0. The zero-order valence-electron chi connectivity index (χ0n) is 10.3. The van der Waals surface area contributed by atoms with Crippen LogP contribution in [-0.2, 0) is 11.2 Å². The summed E-state index contributed by atoms with van der Waals surface area (Å²) < 4.78 is 1.09. The molecule has 0 radical (unpaired) electrons. The molecule has 0 unspecified atom stereocenters. The zero-order chi connectivity index (χ0) is 12.3. The van der Waals surface area contributed by atoms with Crippen LogP contribution in [0.4, 0.5) is 0 Å². The molecule has 2 heterocycles. The second kappa shape index (κ2) is 7.48. The second-order valence-electron chi connectivity index (χ2n) is 4.33. The van der Waals surface area contributed by atoms with E-state index >= 15 is 0 Å². The van der Waals surface area contributed by atoms with E-state index < -0.39 is 0 Å². The van der Waals surface area contributed by atoms with Crippen LogP contribution in [0, 0.1) is 0 Å². The molecule has 1 saturated heterocycles. The van der Waals surface area contributed by atoms with Gasteiger partial charge in [-0.3, -0.25) is 4.79 Å². The molecule has 0 atom stereocenters. The number of nitrogens with one attached hydrogen (secondary N) is 1. The summed E-state index contributed by atoms with van der Waals surface area (Å²) in [5.41, 5.74) is 0. The number of carbonyl (C=O) groups excluding carboxylic acids is 1. The first kappa shape index (κ1) is 16.0. The highest BCUT2D eigenvalue weighted by Gasteiger charge is 2.21. The van der Waals surface area contributed by atoms with E-state index in [1.807, 2.05) is 24.1 Å². The van der Waals surface area contributed by atoms with Crippen LogP contribution in [0.2, 0.25) is 0 Å². The summed E-state index contributed by atoms with van der Waals surface area (Å²) in [6, 6.07) is 4.60. The summed E-state index contributed by atoms with van der Waals surface area (Å²) >= 11 is 5.06. The Hall–Kier alpha value is -0.100. The summed E-state index contributed by atoms with van der Waals surface area (Å²) in [6.07, 6.45) is 2.67. The molecule has 1 N–H and O–H groups in total. The minimum Gasteiger partial charge on any atom is -0.342 e. The Morgan fingerprint density at radius 1 is 1.50 bits per heavy atom. The fourth-order valence-corrected chi connectivity index (χ4v) is 3.60. The van der Waals surface area contributed by atoms with E-state index in [0.717, 1.165) is 34.6 Å². The fourth-order valence-electron chi connectivity index (χ4n) is 2.13. The largest absolute Gasteiger partial charge is 0.342 e. The Balaban J connectivity index is 0.00000162. The molecule has 0 aliphatic carbocycles. The van der Waals surface area contributed by atoms with E-state index in [9.17, 15) is 4.79 Å². The lowest BCUT2D eigenvalue weighted by Crippen LogP contribution is -2.44. The van der Waals surface area contributed by atoms with Crippen molar-refractivity contribution in [2.75, 3.05) is 20.1 Å². The van der Waals surface area contributed by atoms with Gasteiger partial charge < -0.3 is 10.2 Å². The quantitative estimate of drug-likeness (QED) is 0.906.